The van der Waals surface area contributed by atoms with Crippen molar-refractivity contribution < 1.29 is 9.90 Å². The maximum Gasteiger partial charge on any atom is 0.225 e. The van der Waals surface area contributed by atoms with E-state index in [0.29, 0.717) is 12.5 Å². The van der Waals surface area contributed by atoms with Gasteiger partial charge in [-0.1, -0.05) is 0 Å². The molecule has 0 saturated heterocycles. The van der Waals surface area contributed by atoms with Gasteiger partial charge in [-0.2, -0.15) is 0 Å². The molecule has 1 aliphatic rings. The topological polar surface area (TPSA) is 56.7 Å². The molecule has 0 atom stereocenters. The van der Waals surface area contributed by atoms with E-state index >= 15 is 0 Å². The Bertz CT molecular complexity index is 457. The molecule has 1 aromatic heterocycles. The first-order valence-corrected chi connectivity index (χ1v) is 7.96. The van der Waals surface area contributed by atoms with E-state index in [1.807, 2.05) is 12.3 Å². The van der Waals surface area contributed by atoms with Gasteiger partial charge in [0.05, 0.1) is 11.8 Å². The first-order chi connectivity index (χ1) is 9.49. The molecule has 1 amide bonds. The van der Waals surface area contributed by atoms with Crippen LogP contribution in [0.15, 0.2) is 5.38 Å². The maximum absolute atomic E-state index is 11.5. The molecule has 6 heteroatoms. The fourth-order valence-electron chi connectivity index (χ4n) is 2.62. The summed E-state index contributed by atoms with van der Waals surface area (Å²) >= 11 is 1.52. The highest BCUT2D eigenvalue weighted by Gasteiger charge is 2.28. The van der Waals surface area contributed by atoms with Crippen molar-refractivity contribution in [1.29, 1.82) is 0 Å². The molecule has 1 N–H and O–H groups in total. The zero-order valence-electron chi connectivity index (χ0n) is 12.4. The summed E-state index contributed by atoms with van der Waals surface area (Å²) in [5.74, 6) is 0.641. The first kappa shape index (κ1) is 15.4. The minimum atomic E-state index is -0.0899. The molecule has 0 bridgehead atoms. The fourth-order valence-corrected chi connectivity index (χ4v) is 3.54. The molecule has 20 heavy (non-hydrogen) atoms. The average molecular weight is 297 g/mol. The van der Waals surface area contributed by atoms with Crippen LogP contribution in [0.4, 0.5) is 5.13 Å². The van der Waals surface area contributed by atoms with Crippen LogP contribution in [0.3, 0.4) is 0 Å². The van der Waals surface area contributed by atoms with Crippen LogP contribution in [0.1, 0.15) is 32.4 Å². The molecule has 0 radical (unpaired) electrons. The van der Waals surface area contributed by atoms with Gasteiger partial charge >= 0.3 is 0 Å². The fraction of sp³-hybridized carbons (Fsp3) is 0.714. The number of aromatic nitrogens is 1. The number of amides is 1. The second-order valence-corrected chi connectivity index (χ2v) is 6.41. The third-order valence-corrected chi connectivity index (χ3v) is 4.59. The Morgan fingerprint density at radius 3 is 2.80 bits per heavy atom. The Labute approximate surface area is 124 Å². The summed E-state index contributed by atoms with van der Waals surface area (Å²) in [7, 11) is 2.08. The highest BCUT2D eigenvalue weighted by molar-refractivity contribution is 7.14. The van der Waals surface area contributed by atoms with Crippen molar-refractivity contribution in [1.82, 2.24) is 9.88 Å². The van der Waals surface area contributed by atoms with Crippen LogP contribution in [-0.4, -0.2) is 47.1 Å². The number of thiazole rings is 1. The van der Waals surface area contributed by atoms with Crippen LogP contribution < -0.4 is 4.90 Å². The van der Waals surface area contributed by atoms with Crippen molar-refractivity contribution in [2.24, 2.45) is 5.92 Å². The number of carbonyl (C=O) groups excluding carboxylic acids is 1. The molecule has 0 unspecified atom stereocenters. The van der Waals surface area contributed by atoms with Crippen molar-refractivity contribution in [2.75, 3.05) is 25.0 Å². The van der Waals surface area contributed by atoms with Crippen molar-refractivity contribution in [3.63, 3.8) is 0 Å². The Morgan fingerprint density at radius 1 is 1.55 bits per heavy atom. The van der Waals surface area contributed by atoms with E-state index in [1.54, 1.807) is 11.8 Å². The third-order valence-electron chi connectivity index (χ3n) is 3.68. The summed E-state index contributed by atoms with van der Waals surface area (Å²) in [4.78, 5) is 20.0. The van der Waals surface area contributed by atoms with Crippen LogP contribution in [0, 0.1) is 5.92 Å². The lowest BCUT2D eigenvalue weighted by Gasteiger charge is -2.34. The SMILES string of the molecule is CCN(C(C)=O)c1nc(CN(C)CC2CC(O)C2)cs1. The molecule has 0 aromatic carbocycles. The Balaban J connectivity index is 1.87. The molecule has 1 aromatic rings. The van der Waals surface area contributed by atoms with E-state index in [-0.39, 0.29) is 12.0 Å². The molecule has 1 fully saturated rings. The van der Waals surface area contributed by atoms with Crippen molar-refractivity contribution in [2.45, 2.75) is 39.3 Å². The summed E-state index contributed by atoms with van der Waals surface area (Å²) < 4.78 is 0. The Hall–Kier alpha value is -0.980. The second-order valence-electron chi connectivity index (χ2n) is 5.57. The molecule has 112 valence electrons. The number of anilines is 1. The highest BCUT2D eigenvalue weighted by Crippen LogP contribution is 2.28. The minimum Gasteiger partial charge on any atom is -0.393 e. The highest BCUT2D eigenvalue weighted by atomic mass is 32.1. The van der Waals surface area contributed by atoms with Gasteiger partial charge < -0.3 is 10.0 Å². The summed E-state index contributed by atoms with van der Waals surface area (Å²) in [5.41, 5.74) is 1.01. The predicted molar refractivity (Wildman–Crippen MR) is 80.9 cm³/mol. The van der Waals surface area contributed by atoms with Crippen LogP contribution in [0.25, 0.3) is 0 Å². The molecular formula is C14H23N3O2S. The van der Waals surface area contributed by atoms with Gasteiger partial charge in [-0.05, 0) is 32.7 Å². The quantitative estimate of drug-likeness (QED) is 0.868. The van der Waals surface area contributed by atoms with Gasteiger partial charge in [0.25, 0.3) is 0 Å². The molecule has 5 nitrogen and oxygen atoms in total. The third kappa shape index (κ3) is 3.77. The summed E-state index contributed by atoms with van der Waals surface area (Å²) in [6.45, 7) is 5.96. The monoisotopic (exact) mass is 297 g/mol. The lowest BCUT2D eigenvalue weighted by atomic mass is 9.82. The average Bonchev–Trinajstić information content (AvgIpc) is 2.75. The van der Waals surface area contributed by atoms with E-state index in [1.165, 1.54) is 11.3 Å². The van der Waals surface area contributed by atoms with Gasteiger partial charge in [0.1, 0.15) is 0 Å². The zero-order valence-corrected chi connectivity index (χ0v) is 13.2. The van der Waals surface area contributed by atoms with E-state index in [9.17, 15) is 9.90 Å². The smallest absolute Gasteiger partial charge is 0.225 e. The van der Waals surface area contributed by atoms with Gasteiger partial charge in [0.15, 0.2) is 5.13 Å². The number of hydrogen-bond acceptors (Lipinski definition) is 5. The van der Waals surface area contributed by atoms with Gasteiger partial charge in [0.2, 0.25) is 5.91 Å². The van der Waals surface area contributed by atoms with Gasteiger partial charge in [0, 0.05) is 31.9 Å². The number of aliphatic hydroxyl groups is 1. The van der Waals surface area contributed by atoms with Crippen molar-refractivity contribution in [3.05, 3.63) is 11.1 Å². The molecule has 1 aliphatic carbocycles. The first-order valence-electron chi connectivity index (χ1n) is 7.08. The number of hydrogen-bond donors (Lipinski definition) is 1. The van der Waals surface area contributed by atoms with E-state index < -0.39 is 0 Å². The normalized spacial score (nSPS) is 21.9. The molecule has 0 aliphatic heterocycles. The molecule has 1 heterocycles. The van der Waals surface area contributed by atoms with Crippen molar-refractivity contribution in [3.8, 4) is 0 Å². The summed E-state index contributed by atoms with van der Waals surface area (Å²) in [6.07, 6.45) is 1.74. The standard InChI is InChI=1S/C14H23N3O2S/c1-4-17(10(2)18)14-15-12(9-20-14)8-16(3)7-11-5-13(19)6-11/h9,11,13,19H,4-8H2,1-3H3. The molecule has 2 rings (SSSR count). The minimum absolute atomic E-state index is 0.0326. The number of rotatable bonds is 6. The summed E-state index contributed by atoms with van der Waals surface area (Å²) in [6, 6.07) is 0. The lowest BCUT2D eigenvalue weighted by Crippen LogP contribution is -2.36. The van der Waals surface area contributed by atoms with Crippen LogP contribution in [-0.2, 0) is 11.3 Å². The number of carbonyl (C=O) groups is 1. The predicted octanol–water partition coefficient (Wildman–Crippen LogP) is 1.72. The number of aliphatic hydroxyl groups excluding tert-OH is 1. The van der Waals surface area contributed by atoms with E-state index in [0.717, 1.165) is 36.8 Å². The zero-order chi connectivity index (χ0) is 14.7. The molecule has 1 saturated carbocycles. The van der Waals surface area contributed by atoms with Gasteiger partial charge in [-0.3, -0.25) is 9.69 Å². The van der Waals surface area contributed by atoms with E-state index in [2.05, 4.69) is 16.9 Å². The maximum atomic E-state index is 11.5. The molecular weight excluding hydrogens is 274 g/mol. The lowest BCUT2D eigenvalue weighted by molar-refractivity contribution is -0.116. The van der Waals surface area contributed by atoms with Crippen LogP contribution in [0.2, 0.25) is 0 Å². The van der Waals surface area contributed by atoms with E-state index in [4.69, 9.17) is 0 Å². The van der Waals surface area contributed by atoms with Crippen LogP contribution in [0.5, 0.6) is 0 Å². The van der Waals surface area contributed by atoms with Gasteiger partial charge in [-0.25, -0.2) is 4.98 Å². The summed E-state index contributed by atoms with van der Waals surface area (Å²) in [5, 5.41) is 12.1. The van der Waals surface area contributed by atoms with Gasteiger partial charge in [-0.15, -0.1) is 11.3 Å². The number of nitrogens with zero attached hydrogens (tertiary/aromatic N) is 3. The Morgan fingerprint density at radius 2 is 2.25 bits per heavy atom. The largest absolute Gasteiger partial charge is 0.393 e. The van der Waals surface area contributed by atoms with Crippen molar-refractivity contribution >= 4 is 22.4 Å². The van der Waals surface area contributed by atoms with Crippen LogP contribution >= 0.6 is 11.3 Å². The Kier molecular flexibility index (Phi) is 5.12. The second kappa shape index (κ2) is 6.65. The molecule has 0 spiro atoms.